The van der Waals surface area contributed by atoms with Gasteiger partial charge in [0.1, 0.15) is 0 Å². The summed E-state index contributed by atoms with van der Waals surface area (Å²) in [5, 5.41) is 8.59. The molecule has 0 saturated carbocycles. The zero-order chi connectivity index (χ0) is 11.5. The van der Waals surface area contributed by atoms with Crippen LogP contribution >= 0.6 is 0 Å². The fourth-order valence-corrected chi connectivity index (χ4v) is 1.32. The van der Waals surface area contributed by atoms with Crippen LogP contribution in [-0.2, 0) is 9.62 Å². The molecule has 0 aliphatic rings. The highest BCUT2D eigenvalue weighted by Gasteiger charge is 2.08. The second kappa shape index (κ2) is 10.1. The molecule has 3 heteroatoms. The van der Waals surface area contributed by atoms with Crippen LogP contribution in [0.25, 0.3) is 0 Å². The van der Waals surface area contributed by atoms with Crippen LogP contribution in [0.1, 0.15) is 52.4 Å². The summed E-state index contributed by atoms with van der Waals surface area (Å²) >= 11 is 0. The first-order valence-electron chi connectivity index (χ1n) is 5.77. The third-order valence-corrected chi connectivity index (χ3v) is 2.18. The highest BCUT2D eigenvalue weighted by Crippen LogP contribution is 2.10. The maximum Gasteiger partial charge on any atom is 0.191 e. The zero-order valence-corrected chi connectivity index (χ0v) is 10.00. The Morgan fingerprint density at radius 3 is 2.47 bits per heavy atom. The summed E-state index contributed by atoms with van der Waals surface area (Å²) in [6.07, 6.45) is 6.21. The normalized spacial score (nSPS) is 12.7. The Hall–Kier alpha value is -0.380. The minimum atomic E-state index is -0.497. The van der Waals surface area contributed by atoms with Gasteiger partial charge in [0.2, 0.25) is 0 Å². The predicted molar refractivity (Wildman–Crippen MR) is 61.6 cm³/mol. The number of rotatable bonds is 10. The molecule has 0 amide bonds. The monoisotopic (exact) mass is 216 g/mol. The predicted octanol–water partition coefficient (Wildman–Crippen LogP) is 3.76. The van der Waals surface area contributed by atoms with Crippen molar-refractivity contribution in [3.05, 3.63) is 12.2 Å². The standard InChI is InChI=1S/C12H24O3/c1-4-5-6-7-8-9-12(15-13)14-10-11(2)3/h12-13H,2,4-10H2,1,3H3. The molecule has 0 aliphatic carbocycles. The van der Waals surface area contributed by atoms with E-state index in [4.69, 9.17) is 9.99 Å². The van der Waals surface area contributed by atoms with Gasteiger partial charge in [-0.2, -0.15) is 0 Å². The van der Waals surface area contributed by atoms with Gasteiger partial charge in [-0.05, 0) is 13.3 Å². The molecule has 0 rings (SSSR count). The van der Waals surface area contributed by atoms with Crippen LogP contribution in [0.3, 0.4) is 0 Å². The van der Waals surface area contributed by atoms with Crippen LogP contribution in [0.5, 0.6) is 0 Å². The van der Waals surface area contributed by atoms with Crippen molar-refractivity contribution in [1.82, 2.24) is 0 Å². The Bertz CT molecular complexity index is 157. The number of hydrogen-bond donors (Lipinski definition) is 1. The van der Waals surface area contributed by atoms with Gasteiger partial charge in [-0.3, -0.25) is 0 Å². The SMILES string of the molecule is C=C(C)COC(CCCCCCC)OO. The molecule has 0 aromatic carbocycles. The van der Waals surface area contributed by atoms with Crippen molar-refractivity contribution < 1.29 is 14.9 Å². The molecule has 0 spiro atoms. The lowest BCUT2D eigenvalue weighted by Gasteiger charge is -2.14. The fraction of sp³-hybridized carbons (Fsp3) is 0.833. The molecule has 0 radical (unpaired) electrons. The van der Waals surface area contributed by atoms with Crippen molar-refractivity contribution in [2.24, 2.45) is 0 Å². The Balaban J connectivity index is 3.40. The Kier molecular flexibility index (Phi) is 9.89. The summed E-state index contributed by atoms with van der Waals surface area (Å²) in [5.74, 6) is 0. The highest BCUT2D eigenvalue weighted by atomic mass is 17.1. The van der Waals surface area contributed by atoms with Crippen molar-refractivity contribution in [2.45, 2.75) is 58.7 Å². The van der Waals surface area contributed by atoms with E-state index in [9.17, 15) is 0 Å². The van der Waals surface area contributed by atoms with Crippen molar-refractivity contribution in [1.29, 1.82) is 0 Å². The molecule has 15 heavy (non-hydrogen) atoms. The number of unbranched alkanes of at least 4 members (excludes halogenated alkanes) is 4. The van der Waals surface area contributed by atoms with Gasteiger partial charge in [0.15, 0.2) is 6.29 Å². The molecular weight excluding hydrogens is 192 g/mol. The zero-order valence-electron chi connectivity index (χ0n) is 10.00. The molecule has 1 unspecified atom stereocenters. The van der Waals surface area contributed by atoms with Gasteiger partial charge >= 0.3 is 0 Å². The maximum absolute atomic E-state index is 8.59. The lowest BCUT2D eigenvalue weighted by Crippen LogP contribution is -2.16. The molecule has 0 bridgehead atoms. The van der Waals surface area contributed by atoms with Crippen LogP contribution in [0.4, 0.5) is 0 Å². The van der Waals surface area contributed by atoms with Gasteiger partial charge in [0.25, 0.3) is 0 Å². The third kappa shape index (κ3) is 9.91. The molecule has 0 aromatic heterocycles. The van der Waals surface area contributed by atoms with Crippen molar-refractivity contribution >= 4 is 0 Å². The molecule has 1 N–H and O–H groups in total. The quantitative estimate of drug-likeness (QED) is 0.199. The molecule has 0 aromatic rings. The average Bonchev–Trinajstić information content (AvgIpc) is 2.22. The van der Waals surface area contributed by atoms with E-state index in [1.54, 1.807) is 0 Å². The largest absolute Gasteiger partial charge is 0.345 e. The summed E-state index contributed by atoms with van der Waals surface area (Å²) < 4.78 is 5.29. The smallest absolute Gasteiger partial charge is 0.191 e. The van der Waals surface area contributed by atoms with Crippen molar-refractivity contribution in [3.8, 4) is 0 Å². The minimum Gasteiger partial charge on any atom is -0.345 e. The van der Waals surface area contributed by atoms with Crippen LogP contribution in [-0.4, -0.2) is 18.2 Å². The third-order valence-electron chi connectivity index (χ3n) is 2.18. The van der Waals surface area contributed by atoms with E-state index in [2.05, 4.69) is 18.4 Å². The number of hydrogen-bond acceptors (Lipinski definition) is 3. The molecule has 1 atom stereocenters. The Morgan fingerprint density at radius 2 is 1.93 bits per heavy atom. The highest BCUT2D eigenvalue weighted by molar-refractivity contribution is 4.87. The minimum absolute atomic E-state index is 0.445. The van der Waals surface area contributed by atoms with Gasteiger partial charge < -0.3 is 4.74 Å². The van der Waals surface area contributed by atoms with Gasteiger partial charge in [-0.15, -0.1) is 0 Å². The second-order valence-corrected chi connectivity index (χ2v) is 4.01. The van der Waals surface area contributed by atoms with Gasteiger partial charge in [-0.1, -0.05) is 44.8 Å². The molecule has 0 fully saturated rings. The summed E-state index contributed by atoms with van der Waals surface area (Å²) in [7, 11) is 0. The van der Waals surface area contributed by atoms with Crippen LogP contribution in [0.15, 0.2) is 12.2 Å². The molecule has 3 nitrogen and oxygen atoms in total. The lowest BCUT2D eigenvalue weighted by atomic mass is 10.1. The summed E-state index contributed by atoms with van der Waals surface area (Å²) in [4.78, 5) is 4.24. The van der Waals surface area contributed by atoms with Gasteiger partial charge in [0, 0.05) is 6.42 Å². The Labute approximate surface area is 93.0 Å². The van der Waals surface area contributed by atoms with Crippen LogP contribution < -0.4 is 0 Å². The van der Waals surface area contributed by atoms with E-state index in [0.717, 1.165) is 18.4 Å². The van der Waals surface area contributed by atoms with Gasteiger partial charge in [0.05, 0.1) is 6.61 Å². The molecule has 0 heterocycles. The first kappa shape index (κ1) is 14.6. The second-order valence-electron chi connectivity index (χ2n) is 4.01. The van der Waals surface area contributed by atoms with Crippen molar-refractivity contribution in [3.63, 3.8) is 0 Å². The van der Waals surface area contributed by atoms with Gasteiger partial charge in [-0.25, -0.2) is 10.1 Å². The van der Waals surface area contributed by atoms with E-state index in [1.165, 1.54) is 25.7 Å². The molecule has 90 valence electrons. The molecular formula is C12H24O3. The van der Waals surface area contributed by atoms with Crippen molar-refractivity contribution in [2.75, 3.05) is 6.61 Å². The van der Waals surface area contributed by atoms with E-state index in [-0.39, 0.29) is 0 Å². The first-order chi connectivity index (χ1) is 7.20. The molecule has 0 aliphatic heterocycles. The van der Waals surface area contributed by atoms with Crippen LogP contribution in [0.2, 0.25) is 0 Å². The van der Waals surface area contributed by atoms with E-state index in [0.29, 0.717) is 6.61 Å². The van der Waals surface area contributed by atoms with E-state index >= 15 is 0 Å². The topological polar surface area (TPSA) is 38.7 Å². The number of ether oxygens (including phenoxy) is 1. The van der Waals surface area contributed by atoms with E-state index < -0.39 is 6.29 Å². The summed E-state index contributed by atoms with van der Waals surface area (Å²) in [6, 6.07) is 0. The van der Waals surface area contributed by atoms with Crippen LogP contribution in [0, 0.1) is 0 Å². The summed E-state index contributed by atoms with van der Waals surface area (Å²) in [5.41, 5.74) is 0.933. The van der Waals surface area contributed by atoms with E-state index in [1.807, 2.05) is 6.92 Å². The summed E-state index contributed by atoms with van der Waals surface area (Å²) in [6.45, 7) is 8.24. The first-order valence-corrected chi connectivity index (χ1v) is 5.77. The average molecular weight is 216 g/mol. The fourth-order valence-electron chi connectivity index (χ4n) is 1.32. The Morgan fingerprint density at radius 1 is 1.27 bits per heavy atom. The lowest BCUT2D eigenvalue weighted by molar-refractivity contribution is -0.345. The molecule has 0 saturated heterocycles. The maximum atomic E-state index is 8.59.